The number of hydrogen-bond acceptors (Lipinski definition) is 4. The molecule has 0 spiro atoms. The lowest BCUT2D eigenvalue weighted by molar-refractivity contribution is -0.380. The van der Waals surface area contributed by atoms with Gasteiger partial charge in [0.15, 0.2) is 5.06 Å². The van der Waals surface area contributed by atoms with Crippen molar-refractivity contribution in [3.63, 3.8) is 0 Å². The Hall–Kier alpha value is -0.620. The molecule has 0 N–H and O–H groups in total. The van der Waals surface area contributed by atoms with E-state index in [1.54, 1.807) is 0 Å². The maximum Gasteiger partial charge on any atom is 0.328 e. The van der Waals surface area contributed by atoms with Gasteiger partial charge < -0.3 is 4.74 Å². The van der Waals surface area contributed by atoms with Gasteiger partial charge in [-0.3, -0.25) is 10.1 Å². The van der Waals surface area contributed by atoms with Crippen molar-refractivity contribution in [1.29, 1.82) is 0 Å². The van der Waals surface area contributed by atoms with Crippen LogP contribution in [0.4, 0.5) is 5.00 Å². The average Bonchev–Trinajstić information content (AvgIpc) is 2.31. The van der Waals surface area contributed by atoms with Crippen LogP contribution in [0.2, 0.25) is 0 Å². The number of methoxy groups -OCH3 is 1. The summed E-state index contributed by atoms with van der Waals surface area (Å²) in [6, 6.07) is 1.42. The van der Waals surface area contributed by atoms with Gasteiger partial charge in [0, 0.05) is 6.07 Å². The molecule has 0 saturated heterocycles. The molecule has 60 valence electrons. The number of nitrogens with zero attached hydrogens (tertiary/aromatic N) is 1. The van der Waals surface area contributed by atoms with Crippen molar-refractivity contribution in [3.05, 3.63) is 20.7 Å². The fourth-order valence-electron chi connectivity index (χ4n) is 0.570. The van der Waals surface area contributed by atoms with E-state index in [1.165, 1.54) is 13.2 Å². The average molecular weight is 238 g/mol. The summed E-state index contributed by atoms with van der Waals surface area (Å²) in [6.45, 7) is 0. The third kappa shape index (κ3) is 1.69. The van der Waals surface area contributed by atoms with Crippen LogP contribution < -0.4 is 4.74 Å². The molecule has 0 aliphatic rings. The van der Waals surface area contributed by atoms with Gasteiger partial charge in [0.1, 0.15) is 0 Å². The molecule has 1 rings (SSSR count). The molecule has 0 fully saturated rings. The van der Waals surface area contributed by atoms with Crippen LogP contribution in [0.5, 0.6) is 5.06 Å². The Morgan fingerprint density at radius 3 is 2.73 bits per heavy atom. The second kappa shape index (κ2) is 3.19. The molecule has 0 unspecified atom stereocenters. The van der Waals surface area contributed by atoms with Gasteiger partial charge in [0.05, 0.1) is 16.5 Å². The van der Waals surface area contributed by atoms with E-state index in [0.29, 0.717) is 9.54 Å². The van der Waals surface area contributed by atoms with Crippen molar-refractivity contribution < 1.29 is 9.66 Å². The number of halogens is 1. The van der Waals surface area contributed by atoms with Crippen LogP contribution >= 0.6 is 27.3 Å². The van der Waals surface area contributed by atoms with E-state index in [4.69, 9.17) is 4.74 Å². The molecule has 0 aliphatic heterocycles. The minimum atomic E-state index is -0.446. The van der Waals surface area contributed by atoms with Gasteiger partial charge in [-0.2, -0.15) is 0 Å². The molecule has 1 aromatic heterocycles. The number of ether oxygens (including phenoxy) is 1. The van der Waals surface area contributed by atoms with E-state index in [-0.39, 0.29) is 5.00 Å². The van der Waals surface area contributed by atoms with Crippen LogP contribution in [0.15, 0.2) is 10.5 Å². The predicted octanol–water partition coefficient (Wildman–Crippen LogP) is 2.43. The van der Waals surface area contributed by atoms with Crippen LogP contribution in [0.25, 0.3) is 0 Å². The molecular weight excluding hydrogens is 234 g/mol. The van der Waals surface area contributed by atoms with Crippen LogP contribution in [0.3, 0.4) is 0 Å². The van der Waals surface area contributed by atoms with E-state index < -0.39 is 4.92 Å². The maximum absolute atomic E-state index is 10.2. The summed E-state index contributed by atoms with van der Waals surface area (Å²) in [5.74, 6) is 0. The van der Waals surface area contributed by atoms with Gasteiger partial charge in [-0.25, -0.2) is 0 Å². The monoisotopic (exact) mass is 237 g/mol. The van der Waals surface area contributed by atoms with Crippen molar-refractivity contribution in [2.45, 2.75) is 0 Å². The fourth-order valence-corrected chi connectivity index (χ4v) is 2.02. The standard InChI is InChI=1S/C5H4BrNO3S/c1-10-5-3(6)2-4(11-5)7(8)9/h2H,1H3. The summed E-state index contributed by atoms with van der Waals surface area (Å²) in [6.07, 6.45) is 0. The molecule has 6 heteroatoms. The van der Waals surface area contributed by atoms with E-state index >= 15 is 0 Å². The first kappa shape index (κ1) is 8.48. The van der Waals surface area contributed by atoms with E-state index in [2.05, 4.69) is 15.9 Å². The molecular formula is C5H4BrNO3S. The zero-order valence-electron chi connectivity index (χ0n) is 5.54. The quantitative estimate of drug-likeness (QED) is 0.587. The third-order valence-electron chi connectivity index (χ3n) is 1.01. The van der Waals surface area contributed by atoms with Crippen molar-refractivity contribution >= 4 is 32.3 Å². The van der Waals surface area contributed by atoms with E-state index in [0.717, 1.165) is 11.3 Å². The van der Waals surface area contributed by atoms with Crippen molar-refractivity contribution in [2.75, 3.05) is 7.11 Å². The highest BCUT2D eigenvalue weighted by molar-refractivity contribution is 9.10. The molecule has 0 atom stereocenters. The zero-order valence-corrected chi connectivity index (χ0v) is 7.94. The van der Waals surface area contributed by atoms with Crippen LogP contribution in [-0.4, -0.2) is 12.0 Å². The van der Waals surface area contributed by atoms with Crippen LogP contribution in [0.1, 0.15) is 0 Å². The highest BCUT2D eigenvalue weighted by Crippen LogP contribution is 2.38. The number of rotatable bonds is 2. The largest absolute Gasteiger partial charge is 0.486 e. The number of hydrogen-bond donors (Lipinski definition) is 0. The normalized spacial score (nSPS) is 9.64. The van der Waals surface area contributed by atoms with Crippen LogP contribution in [-0.2, 0) is 0 Å². The molecule has 1 heterocycles. The molecule has 1 aromatic rings. The maximum atomic E-state index is 10.2. The molecule has 0 radical (unpaired) electrons. The third-order valence-corrected chi connectivity index (χ3v) is 2.91. The SMILES string of the molecule is COc1sc([N+](=O)[O-])cc1Br. The summed E-state index contributed by atoms with van der Waals surface area (Å²) in [7, 11) is 1.47. The van der Waals surface area contributed by atoms with Gasteiger partial charge in [-0.15, -0.1) is 0 Å². The molecule has 0 aromatic carbocycles. The lowest BCUT2D eigenvalue weighted by Gasteiger charge is -1.90. The molecule has 0 aliphatic carbocycles. The van der Waals surface area contributed by atoms with Crippen molar-refractivity contribution in [2.24, 2.45) is 0 Å². The van der Waals surface area contributed by atoms with E-state index in [1.807, 2.05) is 0 Å². The Morgan fingerprint density at radius 1 is 1.82 bits per heavy atom. The summed E-state index contributed by atoms with van der Waals surface area (Å²) in [4.78, 5) is 9.78. The Balaban J connectivity index is 3.05. The minimum absolute atomic E-state index is 0.0775. The molecule has 0 amide bonds. The smallest absolute Gasteiger partial charge is 0.328 e. The predicted molar refractivity (Wildman–Crippen MR) is 45.2 cm³/mol. The first-order chi connectivity index (χ1) is 5.15. The first-order valence-corrected chi connectivity index (χ1v) is 4.24. The lowest BCUT2D eigenvalue weighted by Crippen LogP contribution is -1.80. The summed E-state index contributed by atoms with van der Waals surface area (Å²) >= 11 is 4.13. The van der Waals surface area contributed by atoms with Crippen molar-refractivity contribution in [1.82, 2.24) is 0 Å². The molecule has 0 saturated carbocycles. The molecule has 0 bridgehead atoms. The fraction of sp³-hybridized carbons (Fsp3) is 0.200. The van der Waals surface area contributed by atoms with Gasteiger partial charge in [0.2, 0.25) is 0 Å². The van der Waals surface area contributed by atoms with Gasteiger partial charge in [-0.05, 0) is 27.3 Å². The van der Waals surface area contributed by atoms with E-state index in [9.17, 15) is 10.1 Å². The van der Waals surface area contributed by atoms with Crippen LogP contribution in [0, 0.1) is 10.1 Å². The Bertz CT molecular complexity index is 285. The number of thiophene rings is 1. The molecule has 11 heavy (non-hydrogen) atoms. The topological polar surface area (TPSA) is 52.4 Å². The second-order valence-corrected chi connectivity index (χ2v) is 3.53. The first-order valence-electron chi connectivity index (χ1n) is 2.63. The van der Waals surface area contributed by atoms with Gasteiger partial charge in [0.25, 0.3) is 0 Å². The summed E-state index contributed by atoms with van der Waals surface area (Å²) < 4.78 is 5.46. The van der Waals surface area contributed by atoms with Gasteiger partial charge in [-0.1, -0.05) is 0 Å². The second-order valence-electron chi connectivity index (χ2n) is 1.68. The number of nitro groups is 1. The minimum Gasteiger partial charge on any atom is -0.486 e. The highest BCUT2D eigenvalue weighted by Gasteiger charge is 2.14. The summed E-state index contributed by atoms with van der Waals surface area (Å²) in [5, 5.41) is 10.8. The Labute approximate surface area is 75.1 Å². The Morgan fingerprint density at radius 2 is 2.45 bits per heavy atom. The molecule has 4 nitrogen and oxygen atoms in total. The highest BCUT2D eigenvalue weighted by atomic mass is 79.9. The lowest BCUT2D eigenvalue weighted by atomic mass is 10.6. The Kier molecular flexibility index (Phi) is 2.45. The van der Waals surface area contributed by atoms with Crippen molar-refractivity contribution in [3.8, 4) is 5.06 Å². The summed E-state index contributed by atoms with van der Waals surface area (Å²) in [5.41, 5.74) is 0. The zero-order chi connectivity index (χ0) is 8.43. The van der Waals surface area contributed by atoms with Gasteiger partial charge >= 0.3 is 5.00 Å².